The van der Waals surface area contributed by atoms with Gasteiger partial charge in [0.25, 0.3) is 0 Å². The summed E-state index contributed by atoms with van der Waals surface area (Å²) in [5.41, 5.74) is 1.63. The first-order valence-electron chi connectivity index (χ1n) is 8.57. The van der Waals surface area contributed by atoms with E-state index < -0.39 is 0 Å². The fourth-order valence-corrected chi connectivity index (χ4v) is 2.26. The van der Waals surface area contributed by atoms with Gasteiger partial charge in [0, 0.05) is 25.2 Å². The van der Waals surface area contributed by atoms with Crippen LogP contribution in [-0.4, -0.2) is 29.9 Å². The highest BCUT2D eigenvalue weighted by atomic mass is 127. The van der Waals surface area contributed by atoms with Crippen molar-refractivity contribution in [3.63, 3.8) is 0 Å². The number of halogens is 2. The number of pyridine rings is 1. The first-order valence-corrected chi connectivity index (χ1v) is 8.57. The zero-order valence-corrected chi connectivity index (χ0v) is 17.8. The smallest absolute Gasteiger partial charge is 0.227 e. The van der Waals surface area contributed by atoms with Crippen LogP contribution < -0.4 is 16.0 Å². The number of carbonyl (C=O) groups excluding carboxylic acids is 1. The number of anilines is 1. The second-order valence-corrected chi connectivity index (χ2v) is 5.71. The van der Waals surface area contributed by atoms with Gasteiger partial charge < -0.3 is 16.0 Å². The molecule has 146 valence electrons. The summed E-state index contributed by atoms with van der Waals surface area (Å²) < 4.78 is 13.2. The van der Waals surface area contributed by atoms with E-state index in [9.17, 15) is 9.18 Å². The molecule has 0 aliphatic carbocycles. The molecule has 6 nitrogen and oxygen atoms in total. The molecule has 0 aliphatic heterocycles. The predicted octanol–water partition coefficient (Wildman–Crippen LogP) is 3.23. The zero-order chi connectivity index (χ0) is 18.8. The monoisotopic (exact) mass is 485 g/mol. The summed E-state index contributed by atoms with van der Waals surface area (Å²) in [5, 5.41) is 8.96. The Balaban J connectivity index is 0.00000364. The molecule has 3 N–H and O–H groups in total. The maximum Gasteiger partial charge on any atom is 0.227 e. The van der Waals surface area contributed by atoms with Crippen molar-refractivity contribution in [1.29, 1.82) is 0 Å². The number of hydrogen-bond acceptors (Lipinski definition) is 3. The van der Waals surface area contributed by atoms with E-state index in [4.69, 9.17) is 0 Å². The number of aromatic nitrogens is 1. The second-order valence-electron chi connectivity index (χ2n) is 5.71. The molecule has 0 atom stereocenters. The molecule has 8 heteroatoms. The molecule has 0 spiro atoms. The molecule has 0 saturated carbocycles. The van der Waals surface area contributed by atoms with Crippen LogP contribution in [0.25, 0.3) is 0 Å². The Morgan fingerprint density at radius 3 is 2.67 bits per heavy atom. The van der Waals surface area contributed by atoms with Crippen LogP contribution in [0, 0.1) is 12.7 Å². The van der Waals surface area contributed by atoms with Crippen molar-refractivity contribution in [2.24, 2.45) is 4.99 Å². The van der Waals surface area contributed by atoms with Crippen molar-refractivity contribution in [2.45, 2.75) is 26.8 Å². The highest BCUT2D eigenvalue weighted by Crippen LogP contribution is 2.05. The Morgan fingerprint density at radius 1 is 1.19 bits per heavy atom. The summed E-state index contributed by atoms with van der Waals surface area (Å²) in [4.78, 5) is 20.6. The van der Waals surface area contributed by atoms with Crippen LogP contribution in [0.4, 0.5) is 10.2 Å². The molecule has 0 unspecified atom stereocenters. The Labute approximate surface area is 176 Å². The van der Waals surface area contributed by atoms with Gasteiger partial charge in [0.15, 0.2) is 5.96 Å². The maximum absolute atomic E-state index is 13.2. The summed E-state index contributed by atoms with van der Waals surface area (Å²) >= 11 is 0. The number of aliphatic imine (C=N–C) groups is 1. The summed E-state index contributed by atoms with van der Waals surface area (Å²) in [6, 6.07) is 11.8. The Hall–Kier alpha value is -2.23. The molecular weight excluding hydrogens is 460 g/mol. The highest BCUT2D eigenvalue weighted by Gasteiger charge is 2.05. The van der Waals surface area contributed by atoms with Gasteiger partial charge in [-0.15, -0.1) is 24.0 Å². The minimum absolute atomic E-state index is 0. The van der Waals surface area contributed by atoms with E-state index in [-0.39, 0.29) is 42.1 Å². The van der Waals surface area contributed by atoms with E-state index in [1.54, 1.807) is 12.1 Å². The molecule has 1 amide bonds. The first kappa shape index (κ1) is 22.8. The van der Waals surface area contributed by atoms with E-state index in [0.29, 0.717) is 31.4 Å². The first-order chi connectivity index (χ1) is 12.6. The second kappa shape index (κ2) is 12.2. The van der Waals surface area contributed by atoms with E-state index in [2.05, 4.69) is 25.9 Å². The topological polar surface area (TPSA) is 78.4 Å². The van der Waals surface area contributed by atoms with Gasteiger partial charge in [0.1, 0.15) is 11.6 Å². The van der Waals surface area contributed by atoms with Crippen molar-refractivity contribution >= 4 is 41.7 Å². The van der Waals surface area contributed by atoms with Gasteiger partial charge in [-0.1, -0.05) is 18.2 Å². The van der Waals surface area contributed by atoms with Crippen molar-refractivity contribution in [3.8, 4) is 0 Å². The lowest BCUT2D eigenvalue weighted by atomic mass is 10.2. The van der Waals surface area contributed by atoms with Gasteiger partial charge in [0.2, 0.25) is 5.91 Å². The van der Waals surface area contributed by atoms with Crippen molar-refractivity contribution in [2.75, 3.05) is 18.4 Å². The van der Waals surface area contributed by atoms with E-state index >= 15 is 0 Å². The molecule has 0 fully saturated rings. The average Bonchev–Trinajstić information content (AvgIpc) is 2.60. The zero-order valence-electron chi connectivity index (χ0n) is 15.5. The number of benzene rings is 1. The van der Waals surface area contributed by atoms with Crippen LogP contribution in [-0.2, 0) is 11.3 Å². The number of carbonyl (C=O) groups is 1. The van der Waals surface area contributed by atoms with Gasteiger partial charge >= 0.3 is 0 Å². The summed E-state index contributed by atoms with van der Waals surface area (Å²) in [5.74, 6) is 0.716. The number of nitrogens with zero attached hydrogens (tertiary/aromatic N) is 2. The molecule has 0 bridgehead atoms. The minimum atomic E-state index is -0.280. The van der Waals surface area contributed by atoms with Crippen LogP contribution in [0.15, 0.2) is 47.5 Å². The quantitative estimate of drug-likeness (QED) is 0.320. The lowest BCUT2D eigenvalue weighted by molar-refractivity contribution is -0.116. The van der Waals surface area contributed by atoms with Crippen molar-refractivity contribution in [1.82, 2.24) is 15.6 Å². The highest BCUT2D eigenvalue weighted by molar-refractivity contribution is 14.0. The minimum Gasteiger partial charge on any atom is -0.357 e. The molecular formula is C19H25FIN5O. The molecule has 0 saturated heterocycles. The third-order valence-electron chi connectivity index (χ3n) is 3.45. The molecule has 2 rings (SSSR count). The molecule has 1 aromatic heterocycles. The number of aryl methyl sites for hydroxylation is 1. The molecule has 0 aliphatic rings. The van der Waals surface area contributed by atoms with Gasteiger partial charge in [0.05, 0.1) is 6.54 Å². The van der Waals surface area contributed by atoms with Gasteiger partial charge in [-0.2, -0.15) is 0 Å². The number of nitrogens with one attached hydrogen (secondary N) is 3. The number of amides is 1. The van der Waals surface area contributed by atoms with E-state index in [1.807, 2.05) is 32.0 Å². The molecule has 1 aromatic carbocycles. The SMILES string of the molecule is CCNC(=NCc1cccc(F)c1)NCCC(=O)Nc1cccc(C)n1.I. The lowest BCUT2D eigenvalue weighted by Crippen LogP contribution is -2.38. The molecule has 0 radical (unpaired) electrons. The molecule has 2 aromatic rings. The van der Waals surface area contributed by atoms with Crippen LogP contribution in [0.3, 0.4) is 0 Å². The van der Waals surface area contributed by atoms with Crippen molar-refractivity contribution in [3.05, 3.63) is 59.5 Å². The number of rotatable bonds is 7. The maximum atomic E-state index is 13.2. The van der Waals surface area contributed by atoms with Gasteiger partial charge in [-0.3, -0.25) is 4.79 Å². The normalized spacial score (nSPS) is 10.7. The lowest BCUT2D eigenvalue weighted by Gasteiger charge is -2.11. The third kappa shape index (κ3) is 8.80. The average molecular weight is 485 g/mol. The largest absolute Gasteiger partial charge is 0.357 e. The fraction of sp³-hybridized carbons (Fsp3) is 0.316. The Kier molecular flexibility index (Phi) is 10.3. The van der Waals surface area contributed by atoms with Crippen LogP contribution >= 0.6 is 24.0 Å². The summed E-state index contributed by atoms with van der Waals surface area (Å²) in [7, 11) is 0. The third-order valence-corrected chi connectivity index (χ3v) is 3.45. The summed E-state index contributed by atoms with van der Waals surface area (Å²) in [6.07, 6.45) is 0.278. The van der Waals surface area contributed by atoms with Crippen LogP contribution in [0.2, 0.25) is 0 Å². The Morgan fingerprint density at radius 2 is 1.96 bits per heavy atom. The fourth-order valence-electron chi connectivity index (χ4n) is 2.26. The predicted molar refractivity (Wildman–Crippen MR) is 117 cm³/mol. The molecule has 27 heavy (non-hydrogen) atoms. The Bertz CT molecular complexity index is 769. The van der Waals surface area contributed by atoms with Crippen LogP contribution in [0.1, 0.15) is 24.6 Å². The standard InChI is InChI=1S/C19H24FN5O.HI/c1-3-21-19(23-13-15-7-5-8-16(20)12-15)22-11-10-18(26)25-17-9-4-6-14(2)24-17;/h4-9,12H,3,10-11,13H2,1-2H3,(H2,21,22,23)(H,24,25,26);1H. The molecule has 1 heterocycles. The van der Waals surface area contributed by atoms with Crippen LogP contribution in [0.5, 0.6) is 0 Å². The van der Waals surface area contributed by atoms with E-state index in [1.165, 1.54) is 12.1 Å². The summed E-state index contributed by atoms with van der Waals surface area (Å²) in [6.45, 7) is 5.29. The van der Waals surface area contributed by atoms with Crippen molar-refractivity contribution < 1.29 is 9.18 Å². The van der Waals surface area contributed by atoms with Gasteiger partial charge in [-0.25, -0.2) is 14.4 Å². The van der Waals surface area contributed by atoms with E-state index in [0.717, 1.165) is 11.3 Å². The number of guanidine groups is 1. The van der Waals surface area contributed by atoms with Gasteiger partial charge in [-0.05, 0) is 43.7 Å². The number of hydrogen-bond donors (Lipinski definition) is 3.